The maximum atomic E-state index is 14.4. The number of nitrogens with one attached hydrogen (secondary N) is 2. The van der Waals surface area contributed by atoms with E-state index in [1.807, 2.05) is 6.07 Å². The maximum Gasteiger partial charge on any atom is 0.191 e. The summed E-state index contributed by atoms with van der Waals surface area (Å²) in [5.74, 6) is 1.87. The molecular weight excluding hydrogens is 381 g/mol. The quantitative estimate of drug-likeness (QED) is 0.392. The van der Waals surface area contributed by atoms with Gasteiger partial charge in [-0.1, -0.05) is 13.0 Å². The third-order valence-electron chi connectivity index (χ3n) is 5.36. The predicted molar refractivity (Wildman–Crippen MR) is 118 cm³/mol. The van der Waals surface area contributed by atoms with Crippen molar-refractivity contribution >= 4 is 5.96 Å². The molecule has 6 nitrogen and oxygen atoms in total. The smallest absolute Gasteiger partial charge is 0.191 e. The zero-order valence-electron chi connectivity index (χ0n) is 17.9. The van der Waals surface area contributed by atoms with E-state index in [9.17, 15) is 4.39 Å². The van der Waals surface area contributed by atoms with E-state index in [-0.39, 0.29) is 5.75 Å². The van der Waals surface area contributed by atoms with Crippen LogP contribution in [0.25, 0.3) is 0 Å². The van der Waals surface area contributed by atoms with E-state index in [1.54, 1.807) is 37.6 Å². The van der Waals surface area contributed by atoms with Crippen LogP contribution in [0.1, 0.15) is 31.7 Å². The molecule has 30 heavy (non-hydrogen) atoms. The summed E-state index contributed by atoms with van der Waals surface area (Å²) in [6, 6.07) is 8.44. The fraction of sp³-hybridized carbons (Fsp3) is 0.478. The lowest BCUT2D eigenvalue weighted by molar-refractivity contribution is 0.191. The molecule has 2 N–H and O–H groups in total. The van der Waals surface area contributed by atoms with Gasteiger partial charge in [-0.3, -0.25) is 9.98 Å². The molecule has 0 atom stereocenters. The molecule has 3 rings (SSSR count). The van der Waals surface area contributed by atoms with Gasteiger partial charge in [0.25, 0.3) is 0 Å². The van der Waals surface area contributed by atoms with Crippen LogP contribution in [-0.2, 0) is 6.54 Å². The Hall–Kier alpha value is -2.67. The average Bonchev–Trinajstić information content (AvgIpc) is 2.77. The van der Waals surface area contributed by atoms with Gasteiger partial charge in [0.1, 0.15) is 5.75 Å². The molecule has 0 amide bonds. The number of hydrogen-bond donors (Lipinski definition) is 2. The fourth-order valence-electron chi connectivity index (χ4n) is 3.47. The van der Waals surface area contributed by atoms with Crippen LogP contribution < -0.4 is 15.4 Å². The Morgan fingerprint density at radius 1 is 1.27 bits per heavy atom. The number of likely N-dealkylation sites (tertiary alicyclic amines) is 1. The number of guanidine groups is 1. The predicted octanol–water partition coefficient (Wildman–Crippen LogP) is 3.80. The van der Waals surface area contributed by atoms with Crippen molar-refractivity contribution in [1.29, 1.82) is 0 Å². The van der Waals surface area contributed by atoms with Gasteiger partial charge in [-0.05, 0) is 74.6 Å². The molecule has 0 bridgehead atoms. The van der Waals surface area contributed by atoms with Gasteiger partial charge in [0.15, 0.2) is 17.5 Å². The van der Waals surface area contributed by atoms with E-state index in [2.05, 4.69) is 32.4 Å². The molecule has 2 aromatic rings. The van der Waals surface area contributed by atoms with Crippen molar-refractivity contribution in [2.45, 2.75) is 32.7 Å². The molecule has 1 aromatic heterocycles. The molecule has 1 aliphatic rings. The van der Waals surface area contributed by atoms with Gasteiger partial charge in [-0.15, -0.1) is 0 Å². The molecule has 1 aromatic carbocycles. The normalized spacial score (nSPS) is 15.8. The number of nitrogens with zero attached hydrogens (tertiary/aromatic N) is 3. The number of hydrogen-bond acceptors (Lipinski definition) is 4. The standard InChI is InChI=1S/C23H32FN5O/c1-18-8-13-29(14-9-18)12-4-11-27-23(25-2)28-16-19-6-7-22(21(24)15-19)30-20-5-3-10-26-17-20/h3,5-7,10,15,17-18H,4,8-9,11-14,16H2,1-2H3,(H2,25,27,28). The first kappa shape index (κ1) is 22.0. The second-order valence-corrected chi connectivity index (χ2v) is 7.79. The molecule has 1 fully saturated rings. The van der Waals surface area contributed by atoms with E-state index in [1.165, 1.54) is 32.0 Å². The number of benzene rings is 1. The van der Waals surface area contributed by atoms with Crippen LogP contribution in [0.3, 0.4) is 0 Å². The Labute approximate surface area is 178 Å². The first-order valence-corrected chi connectivity index (χ1v) is 10.7. The molecule has 2 heterocycles. The van der Waals surface area contributed by atoms with Crippen molar-refractivity contribution in [3.05, 3.63) is 54.1 Å². The third kappa shape index (κ3) is 6.99. The van der Waals surface area contributed by atoms with Crippen LogP contribution in [-0.4, -0.2) is 49.1 Å². The minimum Gasteiger partial charge on any atom is -0.453 e. The van der Waals surface area contributed by atoms with Crippen LogP contribution in [0.2, 0.25) is 0 Å². The summed E-state index contributed by atoms with van der Waals surface area (Å²) in [6.45, 7) is 7.20. The average molecular weight is 414 g/mol. The van der Waals surface area contributed by atoms with Crippen molar-refractivity contribution in [3.63, 3.8) is 0 Å². The van der Waals surface area contributed by atoms with Crippen LogP contribution in [0.15, 0.2) is 47.7 Å². The highest BCUT2D eigenvalue weighted by Crippen LogP contribution is 2.24. The van der Waals surface area contributed by atoms with E-state index in [0.717, 1.165) is 37.0 Å². The van der Waals surface area contributed by atoms with Crippen LogP contribution in [0.4, 0.5) is 4.39 Å². The molecule has 162 valence electrons. The Balaban J connectivity index is 1.39. The summed E-state index contributed by atoms with van der Waals surface area (Å²) in [5, 5.41) is 6.57. The Kier molecular flexibility index (Phi) is 8.44. The molecule has 7 heteroatoms. The van der Waals surface area contributed by atoms with E-state index >= 15 is 0 Å². The second kappa shape index (κ2) is 11.5. The largest absolute Gasteiger partial charge is 0.453 e. The lowest BCUT2D eigenvalue weighted by atomic mass is 9.99. The zero-order chi connectivity index (χ0) is 21.2. The van der Waals surface area contributed by atoms with Gasteiger partial charge in [-0.2, -0.15) is 0 Å². The van der Waals surface area contributed by atoms with Gasteiger partial charge in [0.2, 0.25) is 0 Å². The number of aliphatic imine (C=N–C) groups is 1. The summed E-state index contributed by atoms with van der Waals surface area (Å²) in [7, 11) is 1.74. The van der Waals surface area contributed by atoms with Gasteiger partial charge >= 0.3 is 0 Å². The Morgan fingerprint density at radius 2 is 2.10 bits per heavy atom. The van der Waals surface area contributed by atoms with Crippen molar-refractivity contribution in [2.75, 3.05) is 33.2 Å². The molecule has 0 unspecified atom stereocenters. The first-order valence-electron chi connectivity index (χ1n) is 10.7. The zero-order valence-corrected chi connectivity index (χ0v) is 17.9. The number of aromatic nitrogens is 1. The topological polar surface area (TPSA) is 61.8 Å². The molecule has 0 saturated carbocycles. The Bertz CT molecular complexity index is 806. The molecular formula is C23H32FN5O. The van der Waals surface area contributed by atoms with Gasteiger partial charge in [-0.25, -0.2) is 4.39 Å². The van der Waals surface area contributed by atoms with Crippen molar-refractivity contribution in [1.82, 2.24) is 20.5 Å². The minimum atomic E-state index is -0.406. The maximum absolute atomic E-state index is 14.4. The van der Waals surface area contributed by atoms with Gasteiger partial charge in [0, 0.05) is 26.3 Å². The number of piperidine rings is 1. The third-order valence-corrected chi connectivity index (χ3v) is 5.36. The fourth-order valence-corrected chi connectivity index (χ4v) is 3.47. The summed E-state index contributed by atoms with van der Waals surface area (Å²) < 4.78 is 19.9. The molecule has 0 radical (unpaired) electrons. The molecule has 1 saturated heterocycles. The molecule has 0 spiro atoms. The van der Waals surface area contributed by atoms with E-state index < -0.39 is 5.82 Å². The Morgan fingerprint density at radius 3 is 2.80 bits per heavy atom. The van der Waals surface area contributed by atoms with Gasteiger partial charge < -0.3 is 20.3 Å². The number of ether oxygens (including phenoxy) is 1. The van der Waals surface area contributed by atoms with E-state index in [4.69, 9.17) is 4.74 Å². The second-order valence-electron chi connectivity index (χ2n) is 7.79. The van der Waals surface area contributed by atoms with Crippen LogP contribution >= 0.6 is 0 Å². The summed E-state index contributed by atoms with van der Waals surface area (Å²) in [6.07, 6.45) is 6.88. The van der Waals surface area contributed by atoms with E-state index in [0.29, 0.717) is 12.3 Å². The number of halogens is 1. The highest BCUT2D eigenvalue weighted by atomic mass is 19.1. The highest BCUT2D eigenvalue weighted by molar-refractivity contribution is 5.79. The van der Waals surface area contributed by atoms with Crippen LogP contribution in [0.5, 0.6) is 11.5 Å². The summed E-state index contributed by atoms with van der Waals surface area (Å²) in [5.41, 5.74) is 0.816. The highest BCUT2D eigenvalue weighted by Gasteiger charge is 2.14. The monoisotopic (exact) mass is 413 g/mol. The van der Waals surface area contributed by atoms with Crippen molar-refractivity contribution in [3.8, 4) is 11.5 Å². The number of rotatable bonds is 8. The van der Waals surface area contributed by atoms with Gasteiger partial charge in [0.05, 0.1) is 6.20 Å². The molecule has 0 aliphatic carbocycles. The molecule has 1 aliphatic heterocycles. The van der Waals surface area contributed by atoms with Crippen LogP contribution in [0, 0.1) is 11.7 Å². The van der Waals surface area contributed by atoms with Crippen molar-refractivity contribution < 1.29 is 9.13 Å². The lowest BCUT2D eigenvalue weighted by Crippen LogP contribution is -2.39. The summed E-state index contributed by atoms with van der Waals surface area (Å²) in [4.78, 5) is 10.8. The lowest BCUT2D eigenvalue weighted by Gasteiger charge is -2.30. The SMILES string of the molecule is CN=C(NCCCN1CCC(C)CC1)NCc1ccc(Oc2cccnc2)c(F)c1. The minimum absolute atomic E-state index is 0.182. The summed E-state index contributed by atoms with van der Waals surface area (Å²) >= 11 is 0. The number of pyridine rings is 1. The van der Waals surface area contributed by atoms with Crippen molar-refractivity contribution in [2.24, 2.45) is 10.9 Å². The first-order chi connectivity index (χ1) is 14.6.